The molecule has 0 radical (unpaired) electrons. The fourth-order valence-electron chi connectivity index (χ4n) is 2.92. The Bertz CT molecular complexity index is 799. The van der Waals surface area contributed by atoms with Crippen molar-refractivity contribution < 1.29 is 13.2 Å². The normalized spacial score (nSPS) is 17.3. The largest absolute Gasteiger partial charge is 0.495 e. The predicted molar refractivity (Wildman–Crippen MR) is 85.6 cm³/mol. The van der Waals surface area contributed by atoms with E-state index in [1.165, 1.54) is 12.7 Å². The summed E-state index contributed by atoms with van der Waals surface area (Å²) in [5.74, 6) is 0.365. The minimum atomic E-state index is -3.63. The van der Waals surface area contributed by atoms with Gasteiger partial charge < -0.3 is 4.74 Å². The van der Waals surface area contributed by atoms with Crippen molar-refractivity contribution in [1.82, 2.24) is 4.72 Å². The summed E-state index contributed by atoms with van der Waals surface area (Å²) in [6.45, 7) is 1.86. The number of fused-ring (bicyclic) bond motifs is 1. The molecule has 1 atom stereocenters. The van der Waals surface area contributed by atoms with Crippen molar-refractivity contribution in [2.75, 3.05) is 7.11 Å². The highest BCUT2D eigenvalue weighted by molar-refractivity contribution is 7.89. The third-order valence-corrected chi connectivity index (χ3v) is 5.53. The molecule has 0 bridgehead atoms. The van der Waals surface area contributed by atoms with E-state index in [2.05, 4.69) is 10.8 Å². The van der Waals surface area contributed by atoms with E-state index in [0.717, 1.165) is 24.0 Å². The van der Waals surface area contributed by atoms with Crippen molar-refractivity contribution in [2.24, 2.45) is 0 Å². The topological polar surface area (TPSA) is 55.4 Å². The summed E-state index contributed by atoms with van der Waals surface area (Å²) in [6, 6.07) is 13.0. The zero-order chi connectivity index (χ0) is 15.7. The lowest BCUT2D eigenvalue weighted by Crippen LogP contribution is -2.27. The van der Waals surface area contributed by atoms with Gasteiger partial charge >= 0.3 is 0 Å². The number of hydrogen-bond acceptors (Lipinski definition) is 3. The second kappa shape index (κ2) is 5.74. The van der Waals surface area contributed by atoms with Crippen molar-refractivity contribution in [3.63, 3.8) is 0 Å². The first-order chi connectivity index (χ1) is 10.5. The second-order valence-electron chi connectivity index (χ2n) is 5.57. The number of sulfonamides is 1. The highest BCUT2D eigenvalue weighted by Crippen LogP contribution is 2.33. The number of methoxy groups -OCH3 is 1. The molecular formula is C17H19NO3S. The molecule has 0 saturated heterocycles. The van der Waals surface area contributed by atoms with Crippen molar-refractivity contribution in [2.45, 2.75) is 30.7 Å². The van der Waals surface area contributed by atoms with Crippen LogP contribution in [0.5, 0.6) is 5.75 Å². The lowest BCUT2D eigenvalue weighted by atomic mass is 10.1. The number of rotatable bonds is 4. The van der Waals surface area contributed by atoms with Crippen molar-refractivity contribution in [3.8, 4) is 5.75 Å². The molecule has 0 saturated carbocycles. The van der Waals surface area contributed by atoms with Gasteiger partial charge in [0.1, 0.15) is 10.6 Å². The summed E-state index contributed by atoms with van der Waals surface area (Å²) in [7, 11) is -2.15. The molecule has 0 aromatic heterocycles. The van der Waals surface area contributed by atoms with Crippen molar-refractivity contribution in [1.29, 1.82) is 0 Å². The van der Waals surface area contributed by atoms with E-state index in [1.54, 1.807) is 12.1 Å². The number of benzene rings is 2. The monoisotopic (exact) mass is 317 g/mol. The van der Waals surface area contributed by atoms with Gasteiger partial charge in [-0.1, -0.05) is 30.3 Å². The van der Waals surface area contributed by atoms with Crippen LogP contribution in [0.3, 0.4) is 0 Å². The average Bonchev–Trinajstić information content (AvgIpc) is 2.90. The maximum Gasteiger partial charge on any atom is 0.244 e. The smallest absolute Gasteiger partial charge is 0.244 e. The molecule has 2 aromatic rings. The molecule has 5 heteroatoms. The van der Waals surface area contributed by atoms with Gasteiger partial charge in [-0.3, -0.25) is 0 Å². The van der Waals surface area contributed by atoms with Crippen LogP contribution < -0.4 is 9.46 Å². The molecule has 0 spiro atoms. The standard InChI is InChI=1S/C17H19NO3S/c1-12-7-10-16(21-2)17(11-12)22(19,20)18-15-9-8-13-5-3-4-6-14(13)15/h3-7,10-11,15,18H,8-9H2,1-2H3/t15-/m0/s1. The zero-order valence-electron chi connectivity index (χ0n) is 12.7. The van der Waals surface area contributed by atoms with E-state index in [9.17, 15) is 8.42 Å². The Kier molecular flexibility index (Phi) is 3.93. The number of ether oxygens (including phenoxy) is 1. The minimum Gasteiger partial charge on any atom is -0.495 e. The third kappa shape index (κ3) is 2.74. The van der Waals surface area contributed by atoms with Gasteiger partial charge in [-0.2, -0.15) is 0 Å². The Balaban J connectivity index is 1.94. The van der Waals surface area contributed by atoms with Gasteiger partial charge in [0.2, 0.25) is 10.0 Å². The summed E-state index contributed by atoms with van der Waals surface area (Å²) in [4.78, 5) is 0.194. The van der Waals surface area contributed by atoms with E-state index in [-0.39, 0.29) is 10.9 Å². The lowest BCUT2D eigenvalue weighted by Gasteiger charge is -2.16. The van der Waals surface area contributed by atoms with E-state index in [1.807, 2.05) is 31.2 Å². The van der Waals surface area contributed by atoms with Crippen LogP contribution in [0.1, 0.15) is 29.2 Å². The van der Waals surface area contributed by atoms with Crippen molar-refractivity contribution in [3.05, 3.63) is 59.2 Å². The Labute approximate surface area is 131 Å². The lowest BCUT2D eigenvalue weighted by molar-refractivity contribution is 0.402. The van der Waals surface area contributed by atoms with Gasteiger partial charge in [-0.15, -0.1) is 0 Å². The molecule has 0 fully saturated rings. The maximum atomic E-state index is 12.7. The molecule has 0 amide bonds. The minimum absolute atomic E-state index is 0.175. The molecule has 22 heavy (non-hydrogen) atoms. The molecule has 0 aliphatic heterocycles. The molecule has 0 unspecified atom stereocenters. The van der Waals surface area contributed by atoms with Crippen LogP contribution in [-0.4, -0.2) is 15.5 Å². The van der Waals surface area contributed by atoms with Gasteiger partial charge in [0.15, 0.2) is 0 Å². The van der Waals surface area contributed by atoms with Gasteiger partial charge in [-0.25, -0.2) is 13.1 Å². The van der Waals surface area contributed by atoms with Crippen LogP contribution in [0.4, 0.5) is 0 Å². The summed E-state index contributed by atoms with van der Waals surface area (Å²) in [6.07, 6.45) is 1.68. The first-order valence-corrected chi connectivity index (χ1v) is 8.74. The molecule has 1 aliphatic rings. The second-order valence-corrected chi connectivity index (χ2v) is 7.25. The van der Waals surface area contributed by atoms with E-state index in [4.69, 9.17) is 4.74 Å². The van der Waals surface area contributed by atoms with Crippen LogP contribution in [0.2, 0.25) is 0 Å². The molecule has 1 aliphatic carbocycles. The van der Waals surface area contributed by atoms with Crippen LogP contribution in [-0.2, 0) is 16.4 Å². The Morgan fingerprint density at radius 3 is 2.73 bits per heavy atom. The molecular weight excluding hydrogens is 298 g/mol. The molecule has 2 aromatic carbocycles. The van der Waals surface area contributed by atoms with E-state index < -0.39 is 10.0 Å². The number of nitrogens with one attached hydrogen (secondary N) is 1. The maximum absolute atomic E-state index is 12.7. The first kappa shape index (κ1) is 15.1. The highest BCUT2D eigenvalue weighted by atomic mass is 32.2. The van der Waals surface area contributed by atoms with Gasteiger partial charge in [0.05, 0.1) is 7.11 Å². The first-order valence-electron chi connectivity index (χ1n) is 7.26. The van der Waals surface area contributed by atoms with E-state index >= 15 is 0 Å². The molecule has 0 heterocycles. The zero-order valence-corrected chi connectivity index (χ0v) is 13.5. The average molecular weight is 317 g/mol. The fourth-order valence-corrected chi connectivity index (χ4v) is 4.43. The summed E-state index contributed by atoms with van der Waals surface area (Å²) in [5, 5.41) is 0. The van der Waals surface area contributed by atoms with Gasteiger partial charge in [0, 0.05) is 6.04 Å². The van der Waals surface area contributed by atoms with Crippen LogP contribution in [0, 0.1) is 6.92 Å². The van der Waals surface area contributed by atoms with Gasteiger partial charge in [-0.05, 0) is 48.6 Å². The molecule has 116 valence electrons. The summed E-state index contributed by atoms with van der Waals surface area (Å²) in [5.41, 5.74) is 3.16. The Morgan fingerprint density at radius 1 is 1.18 bits per heavy atom. The quantitative estimate of drug-likeness (QED) is 0.943. The number of hydrogen-bond donors (Lipinski definition) is 1. The SMILES string of the molecule is COc1ccc(C)cc1S(=O)(=O)N[C@H]1CCc2ccccc21. The van der Waals surface area contributed by atoms with E-state index in [0.29, 0.717) is 5.75 Å². The third-order valence-electron chi connectivity index (χ3n) is 4.04. The summed E-state index contributed by atoms with van der Waals surface area (Å²) < 4.78 is 33.5. The van der Waals surface area contributed by atoms with Crippen LogP contribution in [0.25, 0.3) is 0 Å². The Morgan fingerprint density at radius 2 is 1.95 bits per heavy atom. The molecule has 1 N–H and O–H groups in total. The molecule has 4 nitrogen and oxygen atoms in total. The fraction of sp³-hybridized carbons (Fsp3) is 0.294. The van der Waals surface area contributed by atoms with Crippen LogP contribution >= 0.6 is 0 Å². The summed E-state index contributed by atoms with van der Waals surface area (Å²) >= 11 is 0. The molecule has 3 rings (SSSR count). The number of aryl methyl sites for hydroxylation is 2. The Hall–Kier alpha value is -1.85. The highest BCUT2D eigenvalue weighted by Gasteiger charge is 2.28. The van der Waals surface area contributed by atoms with Crippen molar-refractivity contribution >= 4 is 10.0 Å². The van der Waals surface area contributed by atoms with Gasteiger partial charge in [0.25, 0.3) is 0 Å². The predicted octanol–water partition coefficient (Wildman–Crippen LogP) is 2.97. The van der Waals surface area contributed by atoms with Crippen LogP contribution in [0.15, 0.2) is 47.4 Å².